The van der Waals surface area contributed by atoms with Gasteiger partial charge in [0.05, 0.1) is 13.0 Å². The van der Waals surface area contributed by atoms with Crippen LogP contribution in [0.25, 0.3) is 27.8 Å². The van der Waals surface area contributed by atoms with Crippen molar-refractivity contribution < 1.29 is 9.53 Å². The van der Waals surface area contributed by atoms with Crippen LogP contribution in [0.3, 0.4) is 0 Å². The number of hydrogen-bond donors (Lipinski definition) is 3. The molecular weight excluding hydrogens is 466 g/mol. The molecule has 2 aromatic heterocycles. The summed E-state index contributed by atoms with van der Waals surface area (Å²) in [7, 11) is 1.64. The molecule has 3 N–H and O–H groups in total. The summed E-state index contributed by atoms with van der Waals surface area (Å²) in [4.78, 5) is 12.6. The number of benzene rings is 3. The molecule has 0 saturated carbocycles. The molecule has 1 amide bonds. The predicted molar refractivity (Wildman–Crippen MR) is 144 cm³/mol. The van der Waals surface area contributed by atoms with Crippen LogP contribution in [0.5, 0.6) is 5.75 Å². The molecule has 1 saturated heterocycles. The van der Waals surface area contributed by atoms with Crippen molar-refractivity contribution in [2.75, 3.05) is 30.8 Å². The van der Waals surface area contributed by atoms with Crippen LogP contribution in [0.15, 0.2) is 72.8 Å². The van der Waals surface area contributed by atoms with Crippen molar-refractivity contribution in [1.82, 2.24) is 25.1 Å². The Morgan fingerprint density at radius 2 is 1.73 bits per heavy atom. The van der Waals surface area contributed by atoms with E-state index < -0.39 is 0 Å². The van der Waals surface area contributed by atoms with Crippen molar-refractivity contribution in [3.63, 3.8) is 0 Å². The Balaban J connectivity index is 1.30. The lowest BCUT2D eigenvalue weighted by atomic mass is 9.99. The molecule has 3 aromatic carbocycles. The van der Waals surface area contributed by atoms with Gasteiger partial charge in [-0.2, -0.15) is 4.52 Å². The number of carbonyl (C=O) groups excluding carboxylic acids is 1. The molecule has 0 aliphatic carbocycles. The van der Waals surface area contributed by atoms with Gasteiger partial charge in [0.1, 0.15) is 5.75 Å². The van der Waals surface area contributed by atoms with Crippen molar-refractivity contribution in [1.29, 1.82) is 0 Å². The Hall–Kier alpha value is -4.50. The van der Waals surface area contributed by atoms with Gasteiger partial charge < -0.3 is 20.7 Å². The van der Waals surface area contributed by atoms with Crippen LogP contribution in [0.1, 0.15) is 12.8 Å². The summed E-state index contributed by atoms with van der Waals surface area (Å²) in [5.74, 6) is 2.17. The summed E-state index contributed by atoms with van der Waals surface area (Å²) < 4.78 is 7.05. The van der Waals surface area contributed by atoms with Crippen molar-refractivity contribution in [2.45, 2.75) is 12.8 Å². The lowest BCUT2D eigenvalue weighted by Gasteiger charge is -2.21. The lowest BCUT2D eigenvalue weighted by Crippen LogP contribution is -2.37. The fourth-order valence-corrected chi connectivity index (χ4v) is 4.69. The van der Waals surface area contributed by atoms with Gasteiger partial charge in [0.15, 0.2) is 17.3 Å². The number of methoxy groups -OCH3 is 1. The molecule has 0 spiro atoms. The summed E-state index contributed by atoms with van der Waals surface area (Å²) in [5.41, 5.74) is 3.20. The highest BCUT2D eigenvalue weighted by atomic mass is 16.5. The van der Waals surface area contributed by atoms with Crippen LogP contribution in [0.2, 0.25) is 0 Å². The van der Waals surface area contributed by atoms with E-state index in [1.54, 1.807) is 11.6 Å². The Kier molecular flexibility index (Phi) is 6.11. The first-order chi connectivity index (χ1) is 18.2. The van der Waals surface area contributed by atoms with Crippen molar-refractivity contribution in [2.24, 2.45) is 5.92 Å². The Morgan fingerprint density at radius 1 is 0.973 bits per heavy atom. The summed E-state index contributed by atoms with van der Waals surface area (Å²) >= 11 is 0. The Bertz CT molecular complexity index is 1560. The Morgan fingerprint density at radius 3 is 2.46 bits per heavy atom. The maximum atomic E-state index is 12.6. The second-order valence-corrected chi connectivity index (χ2v) is 9.12. The fraction of sp³-hybridized carbons (Fsp3) is 0.214. The highest BCUT2D eigenvalue weighted by molar-refractivity contribution is 6.01. The van der Waals surface area contributed by atoms with E-state index in [0.717, 1.165) is 59.4 Å². The second kappa shape index (κ2) is 9.87. The van der Waals surface area contributed by atoms with E-state index >= 15 is 0 Å². The number of amides is 1. The third-order valence-electron chi connectivity index (χ3n) is 6.69. The topological polar surface area (TPSA) is 105 Å². The van der Waals surface area contributed by atoms with E-state index in [9.17, 15) is 4.79 Å². The van der Waals surface area contributed by atoms with Gasteiger partial charge in [-0.1, -0.05) is 24.3 Å². The van der Waals surface area contributed by atoms with Gasteiger partial charge in [-0.15, -0.1) is 15.3 Å². The van der Waals surface area contributed by atoms with E-state index in [0.29, 0.717) is 17.3 Å². The summed E-state index contributed by atoms with van der Waals surface area (Å²) in [6, 6.07) is 23.3. The minimum atomic E-state index is 0.0116. The third kappa shape index (κ3) is 4.56. The first-order valence-electron chi connectivity index (χ1n) is 12.4. The molecule has 5 aromatic rings. The maximum absolute atomic E-state index is 12.6. The van der Waals surface area contributed by atoms with Gasteiger partial charge in [-0.3, -0.25) is 4.79 Å². The molecule has 1 aliphatic heterocycles. The smallest absolute Gasteiger partial charge is 0.228 e. The molecule has 1 aliphatic rings. The number of rotatable bonds is 6. The molecular formula is C28H27N7O2. The SMILES string of the molecule is COc1ccc(-c2nnc3c4ccccc4c(Nc4ccc(NC(=O)C5CCCNC5)cc4)nn23)cc1. The first-order valence-corrected chi connectivity index (χ1v) is 12.4. The van der Waals surface area contributed by atoms with Crippen LogP contribution in [0.4, 0.5) is 17.2 Å². The van der Waals surface area contributed by atoms with E-state index in [1.165, 1.54) is 0 Å². The average Bonchev–Trinajstić information content (AvgIpc) is 3.39. The van der Waals surface area contributed by atoms with Crippen molar-refractivity contribution >= 4 is 39.5 Å². The number of ether oxygens (including phenoxy) is 1. The molecule has 1 fully saturated rings. The van der Waals surface area contributed by atoms with Gasteiger partial charge in [-0.05, 0) is 67.9 Å². The molecule has 1 unspecified atom stereocenters. The molecule has 1 atom stereocenters. The zero-order chi connectivity index (χ0) is 25.2. The van der Waals surface area contributed by atoms with Crippen LogP contribution in [-0.2, 0) is 4.79 Å². The van der Waals surface area contributed by atoms with Gasteiger partial charge in [0.2, 0.25) is 5.91 Å². The predicted octanol–water partition coefficient (Wildman–Crippen LogP) is 4.63. The molecule has 186 valence electrons. The highest BCUT2D eigenvalue weighted by Gasteiger charge is 2.21. The standard InChI is InChI=1S/C28H27N7O2/c1-37-22-14-8-18(9-15-22)26-32-33-27-24-7-3-2-6-23(24)25(34-35(26)27)30-20-10-12-21(13-11-20)31-28(36)19-5-4-16-29-17-19/h2-3,6-15,19,29H,4-5,16-17H2,1H3,(H,30,34)(H,31,36). The van der Waals surface area contributed by atoms with Gasteiger partial charge in [0.25, 0.3) is 0 Å². The first kappa shape index (κ1) is 22.9. The fourth-order valence-electron chi connectivity index (χ4n) is 4.69. The number of anilines is 3. The van der Waals surface area contributed by atoms with Crippen LogP contribution in [-0.4, -0.2) is 45.9 Å². The third-order valence-corrected chi connectivity index (χ3v) is 6.69. The number of carbonyl (C=O) groups is 1. The molecule has 6 rings (SSSR count). The summed E-state index contributed by atoms with van der Waals surface area (Å²) in [6.45, 7) is 1.71. The second-order valence-electron chi connectivity index (χ2n) is 9.12. The highest BCUT2D eigenvalue weighted by Crippen LogP contribution is 2.30. The minimum Gasteiger partial charge on any atom is -0.497 e. The van der Waals surface area contributed by atoms with Crippen molar-refractivity contribution in [3.8, 4) is 17.1 Å². The molecule has 9 heteroatoms. The molecule has 3 heterocycles. The largest absolute Gasteiger partial charge is 0.497 e. The quantitative estimate of drug-likeness (QED) is 0.317. The zero-order valence-corrected chi connectivity index (χ0v) is 20.4. The number of fused-ring (bicyclic) bond motifs is 3. The van der Waals surface area contributed by atoms with Gasteiger partial charge in [0, 0.05) is 34.3 Å². The molecule has 37 heavy (non-hydrogen) atoms. The number of hydrogen-bond acceptors (Lipinski definition) is 7. The number of aromatic nitrogens is 4. The number of nitrogens with one attached hydrogen (secondary N) is 3. The molecule has 0 bridgehead atoms. The minimum absolute atomic E-state index is 0.0116. The summed E-state index contributed by atoms with van der Waals surface area (Å²) in [6.07, 6.45) is 1.94. The monoisotopic (exact) mass is 493 g/mol. The lowest BCUT2D eigenvalue weighted by molar-refractivity contribution is -0.120. The Labute approximate surface area is 213 Å². The van der Waals surface area contributed by atoms with Gasteiger partial charge in [-0.25, -0.2) is 0 Å². The maximum Gasteiger partial charge on any atom is 0.228 e. The van der Waals surface area contributed by atoms with E-state index in [4.69, 9.17) is 9.84 Å². The normalized spacial score (nSPS) is 15.5. The zero-order valence-electron chi connectivity index (χ0n) is 20.4. The van der Waals surface area contributed by atoms with E-state index in [-0.39, 0.29) is 11.8 Å². The van der Waals surface area contributed by atoms with Crippen LogP contribution >= 0.6 is 0 Å². The van der Waals surface area contributed by atoms with E-state index in [2.05, 4.69) is 26.1 Å². The van der Waals surface area contributed by atoms with Crippen LogP contribution in [0, 0.1) is 5.92 Å². The molecule has 0 radical (unpaired) electrons. The number of nitrogens with zero attached hydrogens (tertiary/aromatic N) is 4. The molecule has 9 nitrogen and oxygen atoms in total. The van der Waals surface area contributed by atoms with Gasteiger partial charge >= 0.3 is 0 Å². The van der Waals surface area contributed by atoms with Crippen molar-refractivity contribution in [3.05, 3.63) is 72.8 Å². The van der Waals surface area contributed by atoms with E-state index in [1.807, 2.05) is 72.8 Å². The average molecular weight is 494 g/mol. The summed E-state index contributed by atoms with van der Waals surface area (Å²) in [5, 5.41) is 25.4. The number of piperidine rings is 1. The van der Waals surface area contributed by atoms with Crippen LogP contribution < -0.4 is 20.7 Å².